The molecule has 5 nitrogen and oxygen atoms in total. The lowest BCUT2D eigenvalue weighted by atomic mass is 10.2. The van der Waals surface area contributed by atoms with E-state index >= 15 is 0 Å². The van der Waals surface area contributed by atoms with E-state index in [2.05, 4.69) is 4.72 Å². The van der Waals surface area contributed by atoms with E-state index in [-0.39, 0.29) is 23.8 Å². The first-order valence-electron chi connectivity index (χ1n) is 6.87. The minimum atomic E-state index is -3.68. The molecular weight excluding hydrogens is 338 g/mol. The van der Waals surface area contributed by atoms with Gasteiger partial charge in [0.25, 0.3) is 0 Å². The Hall–Kier alpha value is -1.89. The van der Waals surface area contributed by atoms with E-state index in [0.717, 1.165) is 0 Å². The van der Waals surface area contributed by atoms with Crippen LogP contribution in [0, 0.1) is 0 Å². The second kappa shape index (κ2) is 7.59. The van der Waals surface area contributed by atoms with Gasteiger partial charge in [0.15, 0.2) is 5.78 Å². The van der Waals surface area contributed by atoms with Crippen molar-refractivity contribution in [1.82, 2.24) is 4.72 Å². The van der Waals surface area contributed by atoms with Gasteiger partial charge in [-0.25, -0.2) is 13.1 Å². The summed E-state index contributed by atoms with van der Waals surface area (Å²) in [6.07, 6.45) is 0. The van der Waals surface area contributed by atoms with Crippen LogP contribution in [0.3, 0.4) is 0 Å². The molecule has 122 valence electrons. The minimum Gasteiger partial charge on any atom is -0.492 e. The summed E-state index contributed by atoms with van der Waals surface area (Å²) >= 11 is 5.76. The number of carbonyl (C=O) groups excluding carboxylic acids is 1. The van der Waals surface area contributed by atoms with Crippen molar-refractivity contribution in [2.75, 3.05) is 13.2 Å². The van der Waals surface area contributed by atoms with Gasteiger partial charge < -0.3 is 4.74 Å². The predicted octanol–water partition coefficient (Wildman–Crippen LogP) is 2.90. The maximum absolute atomic E-state index is 12.2. The van der Waals surface area contributed by atoms with Gasteiger partial charge in [0, 0.05) is 17.1 Å². The quantitative estimate of drug-likeness (QED) is 0.613. The van der Waals surface area contributed by atoms with Gasteiger partial charge >= 0.3 is 0 Å². The van der Waals surface area contributed by atoms with Gasteiger partial charge in [0.2, 0.25) is 10.0 Å². The predicted molar refractivity (Wildman–Crippen MR) is 88.6 cm³/mol. The van der Waals surface area contributed by atoms with Crippen molar-refractivity contribution in [1.29, 1.82) is 0 Å². The lowest BCUT2D eigenvalue weighted by Gasteiger charge is -2.09. The van der Waals surface area contributed by atoms with Gasteiger partial charge in [-0.1, -0.05) is 23.7 Å². The highest BCUT2D eigenvalue weighted by atomic mass is 35.5. The van der Waals surface area contributed by atoms with Crippen LogP contribution in [0.1, 0.15) is 17.3 Å². The van der Waals surface area contributed by atoms with Crippen LogP contribution < -0.4 is 9.46 Å². The highest BCUT2D eigenvalue weighted by Gasteiger charge is 2.14. The lowest BCUT2D eigenvalue weighted by Crippen LogP contribution is -2.28. The van der Waals surface area contributed by atoms with E-state index < -0.39 is 10.0 Å². The number of halogens is 1. The second-order valence-corrected chi connectivity index (χ2v) is 6.99. The molecule has 2 rings (SSSR count). The number of ether oxygens (including phenoxy) is 1. The molecule has 0 bridgehead atoms. The molecule has 0 aliphatic carbocycles. The molecule has 0 unspecified atom stereocenters. The topological polar surface area (TPSA) is 72.5 Å². The van der Waals surface area contributed by atoms with E-state index in [1.165, 1.54) is 25.1 Å². The average Bonchev–Trinajstić information content (AvgIpc) is 2.53. The van der Waals surface area contributed by atoms with Crippen molar-refractivity contribution >= 4 is 27.4 Å². The number of hydrogen-bond acceptors (Lipinski definition) is 4. The Bertz CT molecular complexity index is 788. The van der Waals surface area contributed by atoms with Gasteiger partial charge in [-0.3, -0.25) is 4.79 Å². The third-order valence-electron chi connectivity index (χ3n) is 3.03. The summed E-state index contributed by atoms with van der Waals surface area (Å²) in [6, 6.07) is 12.7. The van der Waals surface area contributed by atoms with Crippen LogP contribution in [-0.2, 0) is 10.0 Å². The number of carbonyl (C=O) groups is 1. The van der Waals surface area contributed by atoms with E-state index in [9.17, 15) is 13.2 Å². The van der Waals surface area contributed by atoms with E-state index in [4.69, 9.17) is 16.3 Å². The molecule has 0 fully saturated rings. The van der Waals surface area contributed by atoms with Crippen LogP contribution in [0.15, 0.2) is 53.4 Å². The molecule has 0 spiro atoms. The van der Waals surface area contributed by atoms with Crippen molar-refractivity contribution in [3.8, 4) is 5.75 Å². The Morgan fingerprint density at radius 1 is 1.17 bits per heavy atom. The molecule has 0 saturated heterocycles. The molecule has 0 aromatic heterocycles. The molecule has 7 heteroatoms. The summed E-state index contributed by atoms with van der Waals surface area (Å²) in [7, 11) is -3.68. The Balaban J connectivity index is 1.92. The molecule has 0 aliphatic rings. The molecule has 1 N–H and O–H groups in total. The molecule has 0 radical (unpaired) electrons. The summed E-state index contributed by atoms with van der Waals surface area (Å²) in [5, 5.41) is 0.600. The first-order chi connectivity index (χ1) is 10.9. The third kappa shape index (κ3) is 5.06. The van der Waals surface area contributed by atoms with Gasteiger partial charge in [-0.15, -0.1) is 0 Å². The van der Waals surface area contributed by atoms with Crippen LogP contribution in [0.4, 0.5) is 0 Å². The molecule has 0 aliphatic heterocycles. The SMILES string of the molecule is CC(=O)c1cccc(S(=O)(=O)NCCOc2ccc(Cl)cc2)c1. The molecule has 2 aromatic carbocycles. The lowest BCUT2D eigenvalue weighted by molar-refractivity contribution is 0.101. The maximum atomic E-state index is 12.2. The smallest absolute Gasteiger partial charge is 0.240 e. The summed E-state index contributed by atoms with van der Waals surface area (Å²) in [5.74, 6) is 0.417. The van der Waals surface area contributed by atoms with Crippen molar-refractivity contribution in [3.05, 3.63) is 59.1 Å². The molecule has 23 heavy (non-hydrogen) atoms. The molecule has 0 amide bonds. The second-order valence-electron chi connectivity index (χ2n) is 4.78. The van der Waals surface area contributed by atoms with E-state index in [1.807, 2.05) is 0 Å². The van der Waals surface area contributed by atoms with E-state index in [1.54, 1.807) is 30.3 Å². The molecule has 2 aromatic rings. The zero-order valence-electron chi connectivity index (χ0n) is 12.5. The van der Waals surface area contributed by atoms with Gasteiger partial charge in [-0.2, -0.15) is 0 Å². The Labute approximate surface area is 140 Å². The van der Waals surface area contributed by atoms with Gasteiger partial charge in [0.05, 0.1) is 4.90 Å². The van der Waals surface area contributed by atoms with Gasteiger partial charge in [-0.05, 0) is 43.3 Å². The van der Waals surface area contributed by atoms with Crippen LogP contribution in [0.25, 0.3) is 0 Å². The Morgan fingerprint density at radius 3 is 2.52 bits per heavy atom. The monoisotopic (exact) mass is 353 g/mol. The van der Waals surface area contributed by atoms with Gasteiger partial charge in [0.1, 0.15) is 12.4 Å². The Kier molecular flexibility index (Phi) is 5.76. The standard InChI is InChI=1S/C16H16ClNO4S/c1-12(19)13-3-2-4-16(11-13)23(20,21)18-9-10-22-15-7-5-14(17)6-8-15/h2-8,11,18H,9-10H2,1H3. The number of rotatable bonds is 7. The zero-order valence-corrected chi connectivity index (χ0v) is 14.0. The summed E-state index contributed by atoms with van der Waals surface area (Å²) in [6.45, 7) is 1.67. The summed E-state index contributed by atoms with van der Waals surface area (Å²) in [5.41, 5.74) is 0.352. The first-order valence-corrected chi connectivity index (χ1v) is 8.73. The summed E-state index contributed by atoms with van der Waals surface area (Å²) in [4.78, 5) is 11.4. The van der Waals surface area contributed by atoms with E-state index in [0.29, 0.717) is 16.3 Å². The largest absolute Gasteiger partial charge is 0.492 e. The van der Waals surface area contributed by atoms with Crippen LogP contribution >= 0.6 is 11.6 Å². The highest BCUT2D eigenvalue weighted by Crippen LogP contribution is 2.15. The van der Waals surface area contributed by atoms with Crippen molar-refractivity contribution in [2.45, 2.75) is 11.8 Å². The minimum absolute atomic E-state index is 0.0525. The number of sulfonamides is 1. The molecule has 0 saturated carbocycles. The fraction of sp³-hybridized carbons (Fsp3) is 0.188. The average molecular weight is 354 g/mol. The van der Waals surface area contributed by atoms with Crippen molar-refractivity contribution in [3.63, 3.8) is 0 Å². The number of nitrogens with one attached hydrogen (secondary N) is 1. The molecule has 0 heterocycles. The van der Waals surface area contributed by atoms with Crippen molar-refractivity contribution < 1.29 is 17.9 Å². The molecule has 0 atom stereocenters. The van der Waals surface area contributed by atoms with Crippen molar-refractivity contribution in [2.24, 2.45) is 0 Å². The fourth-order valence-electron chi connectivity index (χ4n) is 1.84. The first kappa shape index (κ1) is 17.5. The molecular formula is C16H16ClNO4S. The van der Waals surface area contributed by atoms with Crippen LogP contribution in [0.2, 0.25) is 5.02 Å². The highest BCUT2D eigenvalue weighted by molar-refractivity contribution is 7.89. The normalized spacial score (nSPS) is 11.2. The van der Waals surface area contributed by atoms with Crippen LogP contribution in [0.5, 0.6) is 5.75 Å². The maximum Gasteiger partial charge on any atom is 0.240 e. The number of ketones is 1. The number of Topliss-reactive ketones (excluding diaryl/α,β-unsaturated/α-hetero) is 1. The zero-order chi connectivity index (χ0) is 16.9. The van der Waals surface area contributed by atoms with Crippen LogP contribution in [-0.4, -0.2) is 27.4 Å². The summed E-state index contributed by atoms with van der Waals surface area (Å²) < 4.78 is 32.2. The Morgan fingerprint density at radius 2 is 1.87 bits per heavy atom. The number of benzene rings is 2. The number of hydrogen-bond donors (Lipinski definition) is 1. The third-order valence-corrected chi connectivity index (χ3v) is 4.74. The fourth-order valence-corrected chi connectivity index (χ4v) is 3.03.